The van der Waals surface area contributed by atoms with Crippen LogP contribution in [0.15, 0.2) is 30.7 Å². The summed E-state index contributed by atoms with van der Waals surface area (Å²) in [5.41, 5.74) is 2.23. The van der Waals surface area contributed by atoms with E-state index in [4.69, 9.17) is 0 Å². The Morgan fingerprint density at radius 2 is 1.88 bits per heavy atom. The quantitative estimate of drug-likeness (QED) is 0.826. The molecule has 0 atom stereocenters. The highest BCUT2D eigenvalue weighted by Gasteiger charge is 2.18. The van der Waals surface area contributed by atoms with Crippen molar-refractivity contribution in [1.29, 1.82) is 0 Å². The fourth-order valence-corrected chi connectivity index (χ4v) is 2.32. The van der Waals surface area contributed by atoms with E-state index in [1.54, 1.807) is 12.4 Å². The van der Waals surface area contributed by atoms with E-state index >= 15 is 0 Å². The zero-order chi connectivity index (χ0) is 11.5. The molecule has 0 aromatic carbocycles. The van der Waals surface area contributed by atoms with E-state index in [1.165, 1.54) is 12.8 Å². The Balaban J connectivity index is 1.83. The molecule has 1 saturated heterocycles. The summed E-state index contributed by atoms with van der Waals surface area (Å²) >= 11 is 0. The third kappa shape index (κ3) is 2.22. The highest BCUT2D eigenvalue weighted by Crippen LogP contribution is 2.25. The van der Waals surface area contributed by atoms with Gasteiger partial charge < -0.3 is 10.3 Å². The van der Waals surface area contributed by atoms with Crippen molar-refractivity contribution in [1.82, 2.24) is 20.3 Å². The maximum absolute atomic E-state index is 4.51. The van der Waals surface area contributed by atoms with Crippen LogP contribution in [0.25, 0.3) is 11.3 Å². The van der Waals surface area contributed by atoms with Crippen molar-refractivity contribution >= 4 is 0 Å². The first-order chi connectivity index (χ1) is 8.43. The van der Waals surface area contributed by atoms with Crippen LogP contribution in [0.2, 0.25) is 0 Å². The Hall–Kier alpha value is -1.68. The lowest BCUT2D eigenvalue weighted by Gasteiger charge is -2.20. The van der Waals surface area contributed by atoms with Crippen LogP contribution >= 0.6 is 0 Å². The molecule has 3 heterocycles. The van der Waals surface area contributed by atoms with Crippen LogP contribution in [-0.2, 0) is 0 Å². The number of nitrogens with zero attached hydrogens (tertiary/aromatic N) is 2. The fourth-order valence-electron chi connectivity index (χ4n) is 2.32. The van der Waals surface area contributed by atoms with E-state index in [0.717, 1.165) is 30.2 Å². The summed E-state index contributed by atoms with van der Waals surface area (Å²) in [6.45, 7) is 2.19. The molecule has 2 aromatic heterocycles. The van der Waals surface area contributed by atoms with Crippen molar-refractivity contribution in [3.63, 3.8) is 0 Å². The maximum Gasteiger partial charge on any atom is 0.109 e. The highest BCUT2D eigenvalue weighted by molar-refractivity contribution is 5.57. The number of imidazole rings is 1. The topological polar surface area (TPSA) is 53.6 Å². The Morgan fingerprint density at radius 1 is 1.12 bits per heavy atom. The number of nitrogens with one attached hydrogen (secondary N) is 2. The number of piperidine rings is 1. The van der Waals surface area contributed by atoms with E-state index in [1.807, 2.05) is 18.3 Å². The van der Waals surface area contributed by atoms with Crippen LogP contribution in [0.3, 0.4) is 0 Å². The second kappa shape index (κ2) is 4.67. The smallest absolute Gasteiger partial charge is 0.109 e. The molecule has 0 unspecified atom stereocenters. The van der Waals surface area contributed by atoms with Crippen molar-refractivity contribution < 1.29 is 0 Å². The van der Waals surface area contributed by atoms with Gasteiger partial charge in [0.1, 0.15) is 5.82 Å². The molecule has 1 fully saturated rings. The second-order valence-corrected chi connectivity index (χ2v) is 4.44. The standard InChI is InChI=1S/C13H16N4/c1-5-14-6-2-10(1)12-9-16-13(17-12)11-3-7-15-8-4-11/h1-2,5-6,9,11,15H,3-4,7-8H2,(H,16,17). The van der Waals surface area contributed by atoms with Gasteiger partial charge in [-0.3, -0.25) is 4.98 Å². The average molecular weight is 228 g/mol. The van der Waals surface area contributed by atoms with Gasteiger partial charge in [0.25, 0.3) is 0 Å². The molecule has 4 nitrogen and oxygen atoms in total. The lowest BCUT2D eigenvalue weighted by atomic mass is 9.98. The largest absolute Gasteiger partial charge is 0.342 e. The van der Waals surface area contributed by atoms with Crippen molar-refractivity contribution in [2.45, 2.75) is 18.8 Å². The Bertz CT molecular complexity index is 471. The molecule has 1 aliphatic rings. The van der Waals surface area contributed by atoms with Crippen molar-refractivity contribution in [2.75, 3.05) is 13.1 Å². The minimum atomic E-state index is 0.576. The first-order valence-corrected chi connectivity index (χ1v) is 6.09. The van der Waals surface area contributed by atoms with Crippen LogP contribution in [0.5, 0.6) is 0 Å². The summed E-state index contributed by atoms with van der Waals surface area (Å²) in [7, 11) is 0. The van der Waals surface area contributed by atoms with E-state index in [0.29, 0.717) is 5.92 Å². The Morgan fingerprint density at radius 3 is 2.65 bits per heavy atom. The van der Waals surface area contributed by atoms with Gasteiger partial charge in [-0.15, -0.1) is 0 Å². The molecule has 4 heteroatoms. The number of rotatable bonds is 2. The van der Waals surface area contributed by atoms with Crippen molar-refractivity contribution in [3.05, 3.63) is 36.5 Å². The van der Waals surface area contributed by atoms with E-state index < -0.39 is 0 Å². The third-order valence-electron chi connectivity index (χ3n) is 3.31. The minimum Gasteiger partial charge on any atom is -0.342 e. The highest BCUT2D eigenvalue weighted by atomic mass is 14.9. The molecular weight excluding hydrogens is 212 g/mol. The van der Waals surface area contributed by atoms with Gasteiger partial charge in [-0.25, -0.2) is 4.98 Å². The summed E-state index contributed by atoms with van der Waals surface area (Å²) in [6, 6.07) is 4.00. The molecule has 2 aromatic rings. The Labute approximate surface area is 101 Å². The first kappa shape index (κ1) is 10.5. The van der Waals surface area contributed by atoms with Crippen molar-refractivity contribution in [2.24, 2.45) is 0 Å². The molecule has 17 heavy (non-hydrogen) atoms. The van der Waals surface area contributed by atoms with Crippen LogP contribution < -0.4 is 5.32 Å². The second-order valence-electron chi connectivity index (χ2n) is 4.44. The van der Waals surface area contributed by atoms with Gasteiger partial charge in [0, 0.05) is 23.9 Å². The summed E-state index contributed by atoms with van der Waals surface area (Å²) < 4.78 is 0. The van der Waals surface area contributed by atoms with Crippen LogP contribution in [0.1, 0.15) is 24.6 Å². The summed E-state index contributed by atoms with van der Waals surface area (Å²) in [5.74, 6) is 1.70. The van der Waals surface area contributed by atoms with Crippen molar-refractivity contribution in [3.8, 4) is 11.3 Å². The molecule has 0 amide bonds. The van der Waals surface area contributed by atoms with Crippen LogP contribution in [0.4, 0.5) is 0 Å². The zero-order valence-corrected chi connectivity index (χ0v) is 9.69. The number of hydrogen-bond donors (Lipinski definition) is 2. The third-order valence-corrected chi connectivity index (χ3v) is 3.31. The molecule has 0 aliphatic carbocycles. The molecule has 0 bridgehead atoms. The van der Waals surface area contributed by atoms with Gasteiger partial charge in [-0.1, -0.05) is 0 Å². The fraction of sp³-hybridized carbons (Fsp3) is 0.385. The van der Waals surface area contributed by atoms with Gasteiger partial charge in [-0.05, 0) is 38.1 Å². The first-order valence-electron chi connectivity index (χ1n) is 6.09. The molecule has 0 saturated carbocycles. The monoisotopic (exact) mass is 228 g/mol. The van der Waals surface area contributed by atoms with Gasteiger partial charge in [0.05, 0.1) is 11.9 Å². The van der Waals surface area contributed by atoms with E-state index in [2.05, 4.69) is 20.3 Å². The predicted octanol–water partition coefficient (Wildman–Crippen LogP) is 1.94. The summed E-state index contributed by atoms with van der Waals surface area (Å²) in [5, 5.41) is 3.37. The normalized spacial score (nSPS) is 17.2. The van der Waals surface area contributed by atoms with Gasteiger partial charge >= 0.3 is 0 Å². The molecular formula is C13H16N4. The number of aromatic amines is 1. The average Bonchev–Trinajstić information content (AvgIpc) is 2.90. The SMILES string of the molecule is c1cc(-c2cnc(C3CCNCC3)[nH]2)ccn1. The van der Waals surface area contributed by atoms with Crippen LogP contribution in [0, 0.1) is 0 Å². The number of H-pyrrole nitrogens is 1. The zero-order valence-electron chi connectivity index (χ0n) is 9.69. The van der Waals surface area contributed by atoms with E-state index in [-0.39, 0.29) is 0 Å². The predicted molar refractivity (Wildman–Crippen MR) is 66.7 cm³/mol. The molecule has 2 N–H and O–H groups in total. The summed E-state index contributed by atoms with van der Waals surface area (Å²) in [6.07, 6.45) is 7.88. The molecule has 0 radical (unpaired) electrons. The number of aromatic nitrogens is 3. The lowest BCUT2D eigenvalue weighted by Crippen LogP contribution is -2.27. The van der Waals surface area contributed by atoms with E-state index in [9.17, 15) is 0 Å². The maximum atomic E-state index is 4.51. The van der Waals surface area contributed by atoms with Gasteiger partial charge in [-0.2, -0.15) is 0 Å². The number of hydrogen-bond acceptors (Lipinski definition) is 3. The number of pyridine rings is 1. The van der Waals surface area contributed by atoms with Gasteiger partial charge in [0.2, 0.25) is 0 Å². The lowest BCUT2D eigenvalue weighted by molar-refractivity contribution is 0.447. The molecule has 1 aliphatic heterocycles. The summed E-state index contributed by atoms with van der Waals surface area (Å²) in [4.78, 5) is 12.0. The minimum absolute atomic E-state index is 0.576. The molecule has 88 valence electrons. The molecule has 0 spiro atoms. The Kier molecular flexibility index (Phi) is 2.88. The molecule has 3 rings (SSSR count). The van der Waals surface area contributed by atoms with Gasteiger partial charge in [0.15, 0.2) is 0 Å². The van der Waals surface area contributed by atoms with Crippen LogP contribution in [-0.4, -0.2) is 28.0 Å².